The van der Waals surface area contributed by atoms with Crippen molar-refractivity contribution in [1.29, 1.82) is 5.41 Å². The molecule has 0 saturated heterocycles. The van der Waals surface area contributed by atoms with E-state index in [0.717, 1.165) is 27.9 Å². The smallest absolute Gasteiger partial charge is 0.0855 e. The normalized spacial score (nSPS) is 16.7. The van der Waals surface area contributed by atoms with Crippen LogP contribution in [-0.2, 0) is 0 Å². The lowest BCUT2D eigenvalue weighted by molar-refractivity contribution is 0.890. The molecular weight excluding hydrogens is 567 g/mol. The number of thioether (sulfide) groups is 1. The first kappa shape index (κ1) is 26.1. The predicted molar refractivity (Wildman–Crippen MR) is 191 cm³/mol. The molecule has 214 valence electrons. The van der Waals surface area contributed by atoms with Gasteiger partial charge in [-0.05, 0) is 39.6 Å². The lowest BCUT2D eigenvalue weighted by atomic mass is 9.87. The van der Waals surface area contributed by atoms with Gasteiger partial charge in [0.25, 0.3) is 0 Å². The minimum Gasteiger partial charge on any atom is -0.300 e. The van der Waals surface area contributed by atoms with Crippen LogP contribution in [0.3, 0.4) is 0 Å². The molecule has 0 bridgehead atoms. The third-order valence-electron chi connectivity index (χ3n) is 9.20. The van der Waals surface area contributed by atoms with Crippen molar-refractivity contribution in [3.63, 3.8) is 0 Å². The van der Waals surface area contributed by atoms with Gasteiger partial charge in [-0.2, -0.15) is 0 Å². The summed E-state index contributed by atoms with van der Waals surface area (Å²) in [6.07, 6.45) is 9.08. The molecule has 2 heterocycles. The number of benzene rings is 6. The van der Waals surface area contributed by atoms with E-state index in [-0.39, 0.29) is 0 Å². The summed E-state index contributed by atoms with van der Waals surface area (Å²) >= 11 is 1.97. The van der Waals surface area contributed by atoms with Gasteiger partial charge < -0.3 is 0 Å². The second-order valence-corrected chi connectivity index (χ2v) is 12.9. The standard InChI is InChI=1S/C41H29N3S/c42-39(28-24-22-27(23-25-28)26-12-2-1-3-13-26)31-16-6-9-19-34(31)43-44-35-20-10-7-17-32(35)37-29-14-4-5-15-30(29)38-33-18-8-11-21-36(33)45-41(38)40(37)44/h1-25,33,36,42-43H. The average molecular weight is 596 g/mol. The Hall–Kier alpha value is -5.32. The SMILES string of the molecule is N=C(c1ccc(-c2ccccc2)cc1)c1ccccc1Nn1c2ccccc2c2c3ccccc3c3c(c21)SC1C=CC=CC31. The molecule has 3 nitrogen and oxygen atoms in total. The van der Waals surface area contributed by atoms with Gasteiger partial charge in [-0.1, -0.05) is 140 Å². The van der Waals surface area contributed by atoms with Crippen molar-refractivity contribution in [3.05, 3.63) is 168 Å². The molecule has 0 fully saturated rings. The van der Waals surface area contributed by atoms with Gasteiger partial charge in [-0.3, -0.25) is 15.5 Å². The molecule has 7 aromatic rings. The molecule has 45 heavy (non-hydrogen) atoms. The van der Waals surface area contributed by atoms with Gasteiger partial charge in [0.2, 0.25) is 0 Å². The van der Waals surface area contributed by atoms with Gasteiger partial charge in [-0.25, -0.2) is 0 Å². The van der Waals surface area contributed by atoms with E-state index >= 15 is 0 Å². The number of anilines is 1. The first-order valence-electron chi connectivity index (χ1n) is 15.4. The Morgan fingerprint density at radius 2 is 1.31 bits per heavy atom. The molecule has 1 aliphatic carbocycles. The van der Waals surface area contributed by atoms with Crippen LogP contribution in [0.2, 0.25) is 0 Å². The minimum absolute atomic E-state index is 0.343. The van der Waals surface area contributed by atoms with E-state index in [1.807, 2.05) is 36.0 Å². The van der Waals surface area contributed by atoms with Crippen molar-refractivity contribution in [3.8, 4) is 11.1 Å². The Labute approximate surface area is 266 Å². The van der Waals surface area contributed by atoms with E-state index in [2.05, 4.69) is 138 Å². The van der Waals surface area contributed by atoms with Crippen LogP contribution in [0.1, 0.15) is 22.6 Å². The lowest BCUT2D eigenvalue weighted by Crippen LogP contribution is -2.13. The van der Waals surface area contributed by atoms with E-state index in [9.17, 15) is 5.41 Å². The molecule has 4 heteroatoms. The first-order valence-corrected chi connectivity index (χ1v) is 16.2. The molecule has 9 rings (SSSR count). The number of aromatic nitrogens is 1. The second-order valence-electron chi connectivity index (χ2n) is 11.7. The number of fused-ring (bicyclic) bond motifs is 10. The highest BCUT2D eigenvalue weighted by atomic mass is 32.2. The summed E-state index contributed by atoms with van der Waals surface area (Å²) in [6, 6.07) is 44.5. The molecule has 2 atom stereocenters. The number of hydrogen-bond acceptors (Lipinski definition) is 3. The van der Waals surface area contributed by atoms with Gasteiger partial charge >= 0.3 is 0 Å². The van der Waals surface area contributed by atoms with Crippen LogP contribution in [0.15, 0.2) is 157 Å². The highest BCUT2D eigenvalue weighted by Gasteiger charge is 2.36. The number of nitrogens with one attached hydrogen (secondary N) is 2. The molecule has 2 N–H and O–H groups in total. The van der Waals surface area contributed by atoms with Crippen molar-refractivity contribution in [2.24, 2.45) is 0 Å². The topological polar surface area (TPSA) is 40.8 Å². The molecule has 0 saturated carbocycles. The maximum atomic E-state index is 9.31. The molecule has 6 aromatic carbocycles. The van der Waals surface area contributed by atoms with Crippen LogP contribution in [0.4, 0.5) is 5.69 Å². The molecule has 0 radical (unpaired) electrons. The molecule has 2 unspecified atom stereocenters. The molecule has 1 aromatic heterocycles. The third-order valence-corrected chi connectivity index (χ3v) is 10.6. The maximum Gasteiger partial charge on any atom is 0.0855 e. The zero-order valence-corrected chi connectivity index (χ0v) is 25.3. The zero-order chi connectivity index (χ0) is 29.9. The van der Waals surface area contributed by atoms with Crippen molar-refractivity contribution in [2.45, 2.75) is 16.1 Å². The van der Waals surface area contributed by atoms with E-state index < -0.39 is 0 Å². The maximum absolute atomic E-state index is 9.31. The van der Waals surface area contributed by atoms with E-state index in [4.69, 9.17) is 0 Å². The summed E-state index contributed by atoms with van der Waals surface area (Å²) in [4.78, 5) is 1.34. The zero-order valence-electron chi connectivity index (χ0n) is 24.4. The Kier molecular flexibility index (Phi) is 6.03. The summed E-state index contributed by atoms with van der Waals surface area (Å²) in [5.74, 6) is 0.343. The number of para-hydroxylation sites is 2. The van der Waals surface area contributed by atoms with Crippen LogP contribution in [0, 0.1) is 5.41 Å². The summed E-state index contributed by atoms with van der Waals surface area (Å²) in [7, 11) is 0. The van der Waals surface area contributed by atoms with Crippen molar-refractivity contribution >= 4 is 55.7 Å². The van der Waals surface area contributed by atoms with E-state index in [1.54, 1.807) is 0 Å². The fraction of sp³-hybridized carbons (Fsp3) is 0.0488. The Bertz CT molecular complexity index is 2350. The number of allylic oxidation sites excluding steroid dienone is 3. The minimum atomic E-state index is 0.343. The van der Waals surface area contributed by atoms with Gasteiger partial charge in [0.05, 0.1) is 22.4 Å². The molecular formula is C41H29N3S. The Balaban J connectivity index is 1.21. The van der Waals surface area contributed by atoms with Crippen LogP contribution in [0.5, 0.6) is 0 Å². The van der Waals surface area contributed by atoms with Crippen molar-refractivity contribution in [1.82, 2.24) is 4.68 Å². The van der Waals surface area contributed by atoms with Crippen LogP contribution < -0.4 is 5.43 Å². The number of rotatable bonds is 5. The van der Waals surface area contributed by atoms with Crippen molar-refractivity contribution in [2.75, 3.05) is 5.43 Å². The third kappa shape index (κ3) is 4.10. The highest BCUT2D eigenvalue weighted by Crippen LogP contribution is 2.55. The summed E-state index contributed by atoms with van der Waals surface area (Å²) in [6.45, 7) is 0. The Morgan fingerprint density at radius 3 is 2.16 bits per heavy atom. The largest absolute Gasteiger partial charge is 0.300 e. The first-order chi connectivity index (χ1) is 22.3. The monoisotopic (exact) mass is 595 g/mol. The highest BCUT2D eigenvalue weighted by molar-refractivity contribution is 8.00. The van der Waals surface area contributed by atoms with Gasteiger partial charge in [0, 0.05) is 38.0 Å². The quantitative estimate of drug-likeness (QED) is 0.194. The number of hydrogen-bond donors (Lipinski definition) is 2. The molecule has 1 aliphatic heterocycles. The number of nitrogens with zero attached hydrogens (tertiary/aromatic N) is 1. The fourth-order valence-corrected chi connectivity index (χ4v) is 8.60. The summed E-state index contributed by atoms with van der Waals surface area (Å²) in [5, 5.41) is 14.8. The Morgan fingerprint density at radius 1 is 0.644 bits per heavy atom. The molecule has 0 spiro atoms. The van der Waals surface area contributed by atoms with Crippen molar-refractivity contribution < 1.29 is 0 Å². The second kappa shape index (κ2) is 10.4. The molecule has 2 aliphatic rings. The average Bonchev–Trinajstić information content (AvgIpc) is 3.65. The van der Waals surface area contributed by atoms with Crippen LogP contribution in [-0.4, -0.2) is 15.6 Å². The molecule has 0 amide bonds. The fourth-order valence-electron chi connectivity index (χ4n) is 7.11. The summed E-state index contributed by atoms with van der Waals surface area (Å²) in [5.41, 5.74) is 13.0. The van der Waals surface area contributed by atoms with E-state index in [0.29, 0.717) is 16.9 Å². The van der Waals surface area contributed by atoms with Gasteiger partial charge in [0.1, 0.15) is 0 Å². The lowest BCUT2D eigenvalue weighted by Gasteiger charge is -2.18. The predicted octanol–water partition coefficient (Wildman–Crippen LogP) is 10.6. The van der Waals surface area contributed by atoms with Gasteiger partial charge in [0.15, 0.2) is 0 Å². The van der Waals surface area contributed by atoms with E-state index in [1.165, 1.54) is 43.1 Å². The van der Waals surface area contributed by atoms with Gasteiger partial charge in [-0.15, -0.1) is 11.8 Å². The summed E-state index contributed by atoms with van der Waals surface area (Å²) < 4.78 is 2.28. The van der Waals surface area contributed by atoms with Crippen LogP contribution in [0.25, 0.3) is 43.7 Å². The van der Waals surface area contributed by atoms with Crippen LogP contribution >= 0.6 is 11.8 Å².